The molecule has 0 aromatic rings. The lowest BCUT2D eigenvalue weighted by Crippen LogP contribution is -2.46. The van der Waals surface area contributed by atoms with Crippen LogP contribution in [0.25, 0.3) is 0 Å². The molecule has 0 radical (unpaired) electrons. The maximum absolute atomic E-state index is 9.39. The fraction of sp³-hybridized carbons (Fsp3) is 0.947. The van der Waals surface area contributed by atoms with E-state index in [0.29, 0.717) is 6.04 Å². The molecule has 0 heterocycles. The van der Waals surface area contributed by atoms with Crippen molar-refractivity contribution < 1.29 is 5.11 Å². The lowest BCUT2D eigenvalue weighted by atomic mass is 9.79. The van der Waals surface area contributed by atoms with E-state index >= 15 is 0 Å². The summed E-state index contributed by atoms with van der Waals surface area (Å²) in [5, 5.41) is 17.3. The minimum Gasteiger partial charge on any atom is -0.396 e. The summed E-state index contributed by atoms with van der Waals surface area (Å²) in [4.78, 5) is 4.89. The van der Waals surface area contributed by atoms with Crippen LogP contribution in [0, 0.1) is 5.41 Å². The Balaban J connectivity index is 0.00000576. The van der Waals surface area contributed by atoms with Gasteiger partial charge in [0.1, 0.15) is 0 Å². The Morgan fingerprint density at radius 2 is 1.92 bits per heavy atom. The van der Waals surface area contributed by atoms with Crippen LogP contribution in [0.15, 0.2) is 4.99 Å². The molecule has 1 saturated carbocycles. The van der Waals surface area contributed by atoms with Crippen molar-refractivity contribution in [3.05, 3.63) is 0 Å². The molecule has 1 rings (SSSR count). The van der Waals surface area contributed by atoms with Crippen LogP contribution in [0.5, 0.6) is 0 Å². The van der Waals surface area contributed by atoms with Gasteiger partial charge in [0.2, 0.25) is 0 Å². The molecular formula is C19H40IN3OS. The van der Waals surface area contributed by atoms with E-state index in [1.54, 1.807) is 0 Å². The molecule has 0 spiro atoms. The monoisotopic (exact) mass is 485 g/mol. The number of hydrogen-bond donors (Lipinski definition) is 3. The molecule has 2 atom stereocenters. The summed E-state index contributed by atoms with van der Waals surface area (Å²) >= 11 is 2.10. The highest BCUT2D eigenvalue weighted by Crippen LogP contribution is 2.31. The molecule has 150 valence electrons. The lowest BCUT2D eigenvalue weighted by molar-refractivity contribution is 0.175. The number of nitrogens with one attached hydrogen (secondary N) is 2. The van der Waals surface area contributed by atoms with Gasteiger partial charge >= 0.3 is 0 Å². The highest BCUT2D eigenvalue weighted by molar-refractivity contribution is 14.0. The van der Waals surface area contributed by atoms with Crippen molar-refractivity contribution in [3.63, 3.8) is 0 Å². The molecule has 2 unspecified atom stereocenters. The molecule has 0 aliphatic heterocycles. The Bertz CT molecular complexity index is 363. The van der Waals surface area contributed by atoms with E-state index in [4.69, 9.17) is 4.99 Å². The SMILES string of the molecule is CCNC(=NCC(CC)(CC)CCO)NC1CCCC(SCC)C1.I. The summed E-state index contributed by atoms with van der Waals surface area (Å²) in [6.07, 6.45) is 8.11. The number of thioether (sulfide) groups is 1. The van der Waals surface area contributed by atoms with Gasteiger partial charge in [0, 0.05) is 31.0 Å². The lowest BCUT2D eigenvalue weighted by Gasteiger charge is -2.32. The Hall–Kier alpha value is 0.310. The van der Waals surface area contributed by atoms with E-state index in [-0.39, 0.29) is 36.0 Å². The van der Waals surface area contributed by atoms with Gasteiger partial charge in [-0.05, 0) is 56.6 Å². The Labute approximate surface area is 176 Å². The predicted octanol–water partition coefficient (Wildman–Crippen LogP) is 4.41. The number of aliphatic imine (C=N–C) groups is 1. The molecule has 0 amide bonds. The smallest absolute Gasteiger partial charge is 0.191 e. The summed E-state index contributed by atoms with van der Waals surface area (Å²) in [6.45, 7) is 10.7. The molecule has 4 nitrogen and oxygen atoms in total. The van der Waals surface area contributed by atoms with Crippen LogP contribution in [-0.4, -0.2) is 47.8 Å². The number of halogens is 1. The van der Waals surface area contributed by atoms with Gasteiger partial charge in [0.25, 0.3) is 0 Å². The van der Waals surface area contributed by atoms with Gasteiger partial charge in [0.05, 0.1) is 0 Å². The highest BCUT2D eigenvalue weighted by Gasteiger charge is 2.26. The van der Waals surface area contributed by atoms with Crippen LogP contribution in [0.2, 0.25) is 0 Å². The van der Waals surface area contributed by atoms with E-state index in [2.05, 4.69) is 50.1 Å². The molecule has 0 aromatic heterocycles. The summed E-state index contributed by atoms with van der Waals surface area (Å²) in [5.74, 6) is 2.16. The standard InChI is InChI=1S/C19H39N3OS.HI/c1-5-19(6-2,12-13-23)15-21-18(20-7-3)22-16-10-9-11-17(14-16)24-8-4;/h16-17,23H,5-15H2,1-4H3,(H2,20,21,22);1H. The third kappa shape index (κ3) is 9.18. The van der Waals surface area contributed by atoms with Crippen molar-refractivity contribution in [1.29, 1.82) is 0 Å². The van der Waals surface area contributed by atoms with Crippen LogP contribution < -0.4 is 10.6 Å². The van der Waals surface area contributed by atoms with Crippen molar-refractivity contribution >= 4 is 41.7 Å². The maximum Gasteiger partial charge on any atom is 0.191 e. The van der Waals surface area contributed by atoms with E-state index in [1.165, 1.54) is 31.4 Å². The predicted molar refractivity (Wildman–Crippen MR) is 123 cm³/mol. The van der Waals surface area contributed by atoms with E-state index < -0.39 is 0 Å². The largest absolute Gasteiger partial charge is 0.396 e. The van der Waals surface area contributed by atoms with Crippen LogP contribution in [-0.2, 0) is 0 Å². The minimum absolute atomic E-state index is 0. The molecule has 25 heavy (non-hydrogen) atoms. The van der Waals surface area contributed by atoms with Gasteiger partial charge in [-0.2, -0.15) is 11.8 Å². The Morgan fingerprint density at radius 1 is 1.20 bits per heavy atom. The van der Waals surface area contributed by atoms with Crippen LogP contribution in [0.1, 0.15) is 72.6 Å². The fourth-order valence-electron chi connectivity index (χ4n) is 3.57. The zero-order valence-corrected chi connectivity index (χ0v) is 19.8. The average molecular weight is 486 g/mol. The zero-order chi connectivity index (χ0) is 17.8. The second-order valence-corrected chi connectivity index (χ2v) is 8.54. The van der Waals surface area contributed by atoms with Crippen molar-refractivity contribution in [3.8, 4) is 0 Å². The van der Waals surface area contributed by atoms with Gasteiger partial charge in [-0.1, -0.05) is 27.2 Å². The van der Waals surface area contributed by atoms with Crippen LogP contribution in [0.3, 0.4) is 0 Å². The Kier molecular flexibility index (Phi) is 14.6. The molecule has 3 N–H and O–H groups in total. The zero-order valence-electron chi connectivity index (χ0n) is 16.6. The first-order chi connectivity index (χ1) is 11.6. The van der Waals surface area contributed by atoms with Crippen molar-refractivity contribution in [2.75, 3.05) is 25.4 Å². The second kappa shape index (κ2) is 14.4. The number of hydrogen-bond acceptors (Lipinski definition) is 3. The first-order valence-corrected chi connectivity index (χ1v) is 10.9. The highest BCUT2D eigenvalue weighted by atomic mass is 127. The summed E-state index contributed by atoms with van der Waals surface area (Å²) < 4.78 is 0. The van der Waals surface area contributed by atoms with E-state index in [1.807, 2.05) is 0 Å². The summed E-state index contributed by atoms with van der Waals surface area (Å²) in [5.41, 5.74) is 0.129. The maximum atomic E-state index is 9.39. The second-order valence-electron chi connectivity index (χ2n) is 6.96. The number of nitrogens with zero attached hydrogens (tertiary/aromatic N) is 1. The van der Waals surface area contributed by atoms with Gasteiger partial charge in [0.15, 0.2) is 5.96 Å². The summed E-state index contributed by atoms with van der Waals surface area (Å²) in [7, 11) is 0. The number of aliphatic hydroxyl groups is 1. The number of guanidine groups is 1. The first kappa shape index (κ1) is 25.3. The van der Waals surface area contributed by atoms with Gasteiger partial charge in [-0.3, -0.25) is 4.99 Å². The minimum atomic E-state index is 0. The summed E-state index contributed by atoms with van der Waals surface area (Å²) in [6, 6.07) is 0.538. The molecule has 1 aliphatic rings. The molecule has 1 fully saturated rings. The third-order valence-electron chi connectivity index (χ3n) is 5.43. The molecular weight excluding hydrogens is 445 g/mol. The van der Waals surface area contributed by atoms with E-state index in [9.17, 15) is 5.11 Å². The number of aliphatic hydroxyl groups excluding tert-OH is 1. The quantitative estimate of drug-likeness (QED) is 0.244. The molecule has 0 saturated heterocycles. The normalized spacial score (nSPS) is 21.6. The topological polar surface area (TPSA) is 56.7 Å². The molecule has 6 heteroatoms. The third-order valence-corrected chi connectivity index (χ3v) is 6.66. The van der Waals surface area contributed by atoms with Gasteiger partial charge in [-0.15, -0.1) is 24.0 Å². The Morgan fingerprint density at radius 3 is 2.48 bits per heavy atom. The molecule has 0 bridgehead atoms. The van der Waals surface area contributed by atoms with Gasteiger partial charge < -0.3 is 15.7 Å². The van der Waals surface area contributed by atoms with Crippen molar-refractivity contribution in [1.82, 2.24) is 10.6 Å². The van der Waals surface area contributed by atoms with Gasteiger partial charge in [-0.25, -0.2) is 0 Å². The van der Waals surface area contributed by atoms with Crippen molar-refractivity contribution in [2.24, 2.45) is 10.4 Å². The fourth-order valence-corrected chi connectivity index (χ4v) is 4.74. The van der Waals surface area contributed by atoms with E-state index in [0.717, 1.165) is 43.6 Å². The van der Waals surface area contributed by atoms with Crippen LogP contribution >= 0.6 is 35.7 Å². The average Bonchev–Trinajstić information content (AvgIpc) is 2.59. The number of rotatable bonds is 10. The molecule has 1 aliphatic carbocycles. The van der Waals surface area contributed by atoms with Crippen LogP contribution in [0.4, 0.5) is 0 Å². The molecule has 0 aromatic carbocycles. The van der Waals surface area contributed by atoms with Crippen molar-refractivity contribution in [2.45, 2.75) is 83.9 Å². The first-order valence-electron chi connectivity index (χ1n) is 9.90.